The molecule has 3 aromatic rings. The lowest BCUT2D eigenvalue weighted by Gasteiger charge is -2.09. The summed E-state index contributed by atoms with van der Waals surface area (Å²) in [6.45, 7) is -0.284. The number of anilines is 1. The monoisotopic (exact) mass is 436 g/mol. The summed E-state index contributed by atoms with van der Waals surface area (Å²) in [6.07, 6.45) is 1.63. The molecule has 9 heteroatoms. The number of carbonyl (C=O) groups excluding carboxylic acids is 1. The van der Waals surface area contributed by atoms with Crippen LogP contribution in [-0.2, 0) is 11.8 Å². The van der Waals surface area contributed by atoms with Gasteiger partial charge in [-0.15, -0.1) is 10.2 Å². The number of nitrogens with zero attached hydrogens (tertiary/aromatic N) is 3. The quantitative estimate of drug-likeness (QED) is 0.634. The molecule has 0 atom stereocenters. The number of hydrogen-bond donors (Lipinski definition) is 1. The second-order valence-electron chi connectivity index (χ2n) is 5.26. The van der Waals surface area contributed by atoms with E-state index in [1.807, 2.05) is 23.7 Å². The van der Waals surface area contributed by atoms with Gasteiger partial charge in [-0.2, -0.15) is 0 Å². The van der Waals surface area contributed by atoms with Gasteiger partial charge in [0.2, 0.25) is 0 Å². The van der Waals surface area contributed by atoms with Crippen molar-refractivity contribution in [2.24, 2.45) is 7.05 Å². The van der Waals surface area contributed by atoms with Gasteiger partial charge in [-0.3, -0.25) is 4.79 Å². The van der Waals surface area contributed by atoms with Gasteiger partial charge in [-0.25, -0.2) is 4.39 Å². The maximum absolute atomic E-state index is 13.7. The van der Waals surface area contributed by atoms with Crippen molar-refractivity contribution in [2.75, 3.05) is 11.9 Å². The third kappa shape index (κ3) is 4.83. The van der Waals surface area contributed by atoms with Gasteiger partial charge in [-0.1, -0.05) is 15.9 Å². The first-order chi connectivity index (χ1) is 12.5. The van der Waals surface area contributed by atoms with E-state index >= 15 is 0 Å². The van der Waals surface area contributed by atoms with Crippen molar-refractivity contribution >= 4 is 39.3 Å². The van der Waals surface area contributed by atoms with E-state index in [9.17, 15) is 9.18 Å². The van der Waals surface area contributed by atoms with E-state index in [4.69, 9.17) is 4.74 Å². The minimum absolute atomic E-state index is 0.0266. The molecule has 0 radical (unpaired) electrons. The highest BCUT2D eigenvalue weighted by molar-refractivity contribution is 9.10. The minimum atomic E-state index is -0.530. The van der Waals surface area contributed by atoms with E-state index < -0.39 is 5.82 Å². The third-order valence-electron chi connectivity index (χ3n) is 3.27. The Labute approximate surface area is 161 Å². The standard InChI is InChI=1S/C17H14BrFN4O2S/c1-23-10-20-22-17(23)26-13-5-3-12(4-6-13)21-16(24)9-25-15-7-2-11(18)8-14(15)19/h2-8,10H,9H2,1H3,(H,21,24). The molecular weight excluding hydrogens is 423 g/mol. The number of ether oxygens (including phenoxy) is 1. The molecule has 1 amide bonds. The summed E-state index contributed by atoms with van der Waals surface area (Å²) in [5.41, 5.74) is 0.622. The van der Waals surface area contributed by atoms with Crippen molar-refractivity contribution in [2.45, 2.75) is 10.1 Å². The van der Waals surface area contributed by atoms with E-state index in [0.29, 0.717) is 10.2 Å². The zero-order chi connectivity index (χ0) is 18.5. The first-order valence-corrected chi connectivity index (χ1v) is 9.12. The Balaban J connectivity index is 1.53. The van der Waals surface area contributed by atoms with Crippen molar-refractivity contribution in [1.82, 2.24) is 14.8 Å². The molecule has 26 heavy (non-hydrogen) atoms. The SMILES string of the molecule is Cn1cnnc1Sc1ccc(NC(=O)COc2ccc(Br)cc2F)cc1. The highest BCUT2D eigenvalue weighted by Gasteiger charge is 2.09. The van der Waals surface area contributed by atoms with Gasteiger partial charge in [-0.05, 0) is 54.2 Å². The summed E-state index contributed by atoms with van der Waals surface area (Å²) in [5.74, 6) is -0.878. The summed E-state index contributed by atoms with van der Waals surface area (Å²) in [5, 5.41) is 11.3. The molecule has 0 unspecified atom stereocenters. The molecule has 0 aliphatic carbocycles. The van der Waals surface area contributed by atoms with Gasteiger partial charge < -0.3 is 14.6 Å². The fourth-order valence-electron chi connectivity index (χ4n) is 2.01. The van der Waals surface area contributed by atoms with E-state index in [1.165, 1.54) is 23.9 Å². The third-order valence-corrected chi connectivity index (χ3v) is 4.82. The lowest BCUT2D eigenvalue weighted by atomic mass is 10.3. The van der Waals surface area contributed by atoms with Crippen molar-refractivity contribution in [3.63, 3.8) is 0 Å². The average molecular weight is 437 g/mol. The molecular formula is C17H14BrFN4O2S. The lowest BCUT2D eigenvalue weighted by molar-refractivity contribution is -0.118. The van der Waals surface area contributed by atoms with Gasteiger partial charge in [0.05, 0.1) is 0 Å². The van der Waals surface area contributed by atoms with E-state index in [2.05, 4.69) is 31.4 Å². The van der Waals surface area contributed by atoms with Crippen LogP contribution in [0.1, 0.15) is 0 Å². The predicted octanol–water partition coefficient (Wildman–Crippen LogP) is 3.89. The van der Waals surface area contributed by atoms with Crippen LogP contribution in [0.25, 0.3) is 0 Å². The van der Waals surface area contributed by atoms with Crippen LogP contribution in [0.4, 0.5) is 10.1 Å². The van der Waals surface area contributed by atoms with Gasteiger partial charge in [0.1, 0.15) is 6.33 Å². The minimum Gasteiger partial charge on any atom is -0.481 e. The Bertz CT molecular complexity index is 917. The molecule has 0 saturated carbocycles. The maximum atomic E-state index is 13.7. The second kappa shape index (κ2) is 8.33. The summed E-state index contributed by atoms with van der Waals surface area (Å²) in [6, 6.07) is 11.7. The number of rotatable bonds is 6. The molecule has 0 spiro atoms. The Morgan fingerprint density at radius 3 is 2.73 bits per heavy atom. The first-order valence-electron chi connectivity index (χ1n) is 7.51. The largest absolute Gasteiger partial charge is 0.481 e. The summed E-state index contributed by atoms with van der Waals surface area (Å²) in [7, 11) is 1.87. The highest BCUT2D eigenvalue weighted by Crippen LogP contribution is 2.26. The van der Waals surface area contributed by atoms with Crippen LogP contribution >= 0.6 is 27.7 Å². The number of amides is 1. The molecule has 0 bridgehead atoms. The number of nitrogens with one attached hydrogen (secondary N) is 1. The zero-order valence-electron chi connectivity index (χ0n) is 13.6. The number of aryl methyl sites for hydroxylation is 1. The number of halogens is 2. The Morgan fingerprint density at radius 2 is 2.08 bits per heavy atom. The number of hydrogen-bond acceptors (Lipinski definition) is 5. The zero-order valence-corrected chi connectivity index (χ0v) is 16.1. The maximum Gasteiger partial charge on any atom is 0.262 e. The lowest BCUT2D eigenvalue weighted by Crippen LogP contribution is -2.20. The molecule has 0 aliphatic heterocycles. The van der Waals surface area contributed by atoms with E-state index in [-0.39, 0.29) is 18.3 Å². The van der Waals surface area contributed by atoms with Crippen LogP contribution in [-0.4, -0.2) is 27.3 Å². The predicted molar refractivity (Wildman–Crippen MR) is 99.8 cm³/mol. The van der Waals surface area contributed by atoms with E-state index in [0.717, 1.165) is 10.1 Å². The number of carbonyl (C=O) groups is 1. The molecule has 134 valence electrons. The van der Waals surface area contributed by atoms with Gasteiger partial charge in [0, 0.05) is 22.1 Å². The van der Waals surface area contributed by atoms with Crippen LogP contribution in [0, 0.1) is 5.82 Å². The van der Waals surface area contributed by atoms with Crippen LogP contribution < -0.4 is 10.1 Å². The topological polar surface area (TPSA) is 69.0 Å². The second-order valence-corrected chi connectivity index (χ2v) is 7.22. The van der Waals surface area contributed by atoms with Crippen LogP contribution in [0.5, 0.6) is 5.75 Å². The van der Waals surface area contributed by atoms with Gasteiger partial charge in [0.25, 0.3) is 5.91 Å². The van der Waals surface area contributed by atoms with Crippen molar-refractivity contribution in [3.05, 3.63) is 59.1 Å². The fourth-order valence-corrected chi connectivity index (χ4v) is 3.10. The van der Waals surface area contributed by atoms with Crippen molar-refractivity contribution in [1.29, 1.82) is 0 Å². The smallest absolute Gasteiger partial charge is 0.262 e. The molecule has 6 nitrogen and oxygen atoms in total. The van der Waals surface area contributed by atoms with Crippen LogP contribution in [0.3, 0.4) is 0 Å². The molecule has 0 aliphatic rings. The average Bonchev–Trinajstić information content (AvgIpc) is 3.01. The van der Waals surface area contributed by atoms with Crippen LogP contribution in [0.2, 0.25) is 0 Å². The number of benzene rings is 2. The van der Waals surface area contributed by atoms with Gasteiger partial charge in [0.15, 0.2) is 23.3 Å². The molecule has 1 N–H and O–H groups in total. The normalized spacial score (nSPS) is 10.6. The molecule has 1 heterocycles. The van der Waals surface area contributed by atoms with Gasteiger partial charge >= 0.3 is 0 Å². The van der Waals surface area contributed by atoms with Crippen LogP contribution in [0.15, 0.2) is 63.3 Å². The van der Waals surface area contributed by atoms with Crippen molar-refractivity contribution in [3.8, 4) is 5.75 Å². The van der Waals surface area contributed by atoms with E-state index in [1.54, 1.807) is 24.5 Å². The molecule has 1 aromatic heterocycles. The Morgan fingerprint density at radius 1 is 1.31 bits per heavy atom. The molecule has 3 rings (SSSR count). The number of aromatic nitrogens is 3. The highest BCUT2D eigenvalue weighted by atomic mass is 79.9. The molecule has 2 aromatic carbocycles. The van der Waals surface area contributed by atoms with Crippen molar-refractivity contribution < 1.29 is 13.9 Å². The summed E-state index contributed by atoms with van der Waals surface area (Å²) >= 11 is 4.63. The fraction of sp³-hybridized carbons (Fsp3) is 0.118. The Kier molecular flexibility index (Phi) is 5.89. The molecule has 0 saturated heterocycles. The Hall–Kier alpha value is -2.39. The first kappa shape index (κ1) is 18.4. The molecule has 0 fully saturated rings. The summed E-state index contributed by atoms with van der Waals surface area (Å²) in [4.78, 5) is 12.9. The summed E-state index contributed by atoms with van der Waals surface area (Å²) < 4.78 is 21.3.